The molecule has 0 unspecified atom stereocenters. The van der Waals surface area contributed by atoms with Gasteiger partial charge >= 0.3 is 0 Å². The molecule has 6 nitrogen and oxygen atoms in total. The van der Waals surface area contributed by atoms with Gasteiger partial charge in [-0.1, -0.05) is 0 Å². The lowest BCUT2D eigenvalue weighted by molar-refractivity contribution is -0.145. The number of imidazole rings is 1. The van der Waals surface area contributed by atoms with E-state index in [9.17, 15) is 9.59 Å². The third-order valence-electron chi connectivity index (χ3n) is 5.95. The Kier molecular flexibility index (Phi) is 3.42. The molecule has 0 N–H and O–H groups in total. The number of carbonyl (C=O) groups is 2. The number of amides is 2. The number of aromatic nitrogens is 2. The lowest BCUT2D eigenvalue weighted by Gasteiger charge is -2.39. The first-order chi connectivity index (χ1) is 12.1. The normalized spacial score (nSPS) is 27.0. The second-order valence-electron chi connectivity index (χ2n) is 7.77. The van der Waals surface area contributed by atoms with Crippen molar-refractivity contribution in [1.82, 2.24) is 19.2 Å². The molecule has 0 aromatic carbocycles. The van der Waals surface area contributed by atoms with Gasteiger partial charge in [0.05, 0.1) is 5.41 Å². The average Bonchev–Trinajstić information content (AvgIpc) is 2.99. The molecule has 1 saturated carbocycles. The third kappa shape index (κ3) is 2.56. The van der Waals surface area contributed by atoms with Gasteiger partial charge in [-0.2, -0.15) is 0 Å². The van der Waals surface area contributed by atoms with Crippen molar-refractivity contribution in [1.29, 1.82) is 0 Å². The van der Waals surface area contributed by atoms with Gasteiger partial charge in [-0.05, 0) is 38.0 Å². The Morgan fingerprint density at radius 1 is 1.32 bits per heavy atom. The number of piperidine rings is 1. The van der Waals surface area contributed by atoms with Crippen LogP contribution in [-0.2, 0) is 4.79 Å². The number of nitrogens with zero attached hydrogens (tertiary/aromatic N) is 4. The average molecular weight is 358 g/mol. The number of hydrogen-bond acceptors (Lipinski definition) is 4. The van der Waals surface area contributed by atoms with E-state index in [1.165, 1.54) is 24.2 Å². The Morgan fingerprint density at radius 2 is 2.20 bits per heavy atom. The second kappa shape index (κ2) is 5.56. The number of likely N-dealkylation sites (tertiary alicyclic amines) is 2. The predicted octanol–water partition coefficient (Wildman–Crippen LogP) is 2.26. The smallest absolute Gasteiger partial charge is 0.274 e. The van der Waals surface area contributed by atoms with E-state index < -0.39 is 0 Å². The molecule has 3 aliphatic rings. The standard InChI is InChI=1S/C18H22N4O2S/c23-15(14-11-21-8-9-25-17(21)19-14)22-7-5-18(12-22)4-1-6-20(16(18)24)10-13-2-3-13/h8-9,11,13H,1-7,10,12H2/t18-/m0/s1. The summed E-state index contributed by atoms with van der Waals surface area (Å²) in [5.74, 6) is 0.961. The van der Waals surface area contributed by atoms with Gasteiger partial charge in [0.1, 0.15) is 5.69 Å². The van der Waals surface area contributed by atoms with Gasteiger partial charge in [-0.15, -0.1) is 11.3 Å². The van der Waals surface area contributed by atoms with E-state index in [2.05, 4.69) is 9.88 Å². The number of carbonyl (C=O) groups excluding carboxylic acids is 2. The maximum Gasteiger partial charge on any atom is 0.274 e. The molecule has 7 heteroatoms. The summed E-state index contributed by atoms with van der Waals surface area (Å²) in [6.07, 6.45) is 8.99. The van der Waals surface area contributed by atoms with Crippen LogP contribution in [0.4, 0.5) is 0 Å². The van der Waals surface area contributed by atoms with Gasteiger partial charge in [0.15, 0.2) is 4.96 Å². The zero-order chi connectivity index (χ0) is 17.0. The van der Waals surface area contributed by atoms with Crippen LogP contribution < -0.4 is 0 Å². The molecule has 0 bridgehead atoms. The third-order valence-corrected chi connectivity index (χ3v) is 6.72. The maximum absolute atomic E-state index is 13.1. The van der Waals surface area contributed by atoms with Crippen molar-refractivity contribution in [3.63, 3.8) is 0 Å². The molecule has 2 aliphatic heterocycles. The SMILES string of the molecule is O=C(c1cn2ccsc2n1)N1CC[C@@]2(CCCN(CC3CC3)C2=O)C1. The molecule has 3 fully saturated rings. The Morgan fingerprint density at radius 3 is 3.00 bits per heavy atom. The van der Waals surface area contributed by atoms with Crippen molar-refractivity contribution in [3.05, 3.63) is 23.5 Å². The van der Waals surface area contributed by atoms with Gasteiger partial charge in [0, 0.05) is 44.0 Å². The molecule has 132 valence electrons. The van der Waals surface area contributed by atoms with E-state index >= 15 is 0 Å². The zero-order valence-corrected chi connectivity index (χ0v) is 15.0. The predicted molar refractivity (Wildman–Crippen MR) is 94.6 cm³/mol. The largest absolute Gasteiger partial charge is 0.342 e. The summed E-state index contributed by atoms with van der Waals surface area (Å²) in [5, 5.41) is 1.95. The fourth-order valence-electron chi connectivity index (χ4n) is 4.36. The summed E-state index contributed by atoms with van der Waals surface area (Å²) in [6, 6.07) is 0. The van der Waals surface area contributed by atoms with Crippen LogP contribution in [0.3, 0.4) is 0 Å². The van der Waals surface area contributed by atoms with Crippen molar-refractivity contribution in [3.8, 4) is 0 Å². The van der Waals surface area contributed by atoms with E-state index in [0.29, 0.717) is 18.8 Å². The highest BCUT2D eigenvalue weighted by Gasteiger charge is 2.50. The molecule has 25 heavy (non-hydrogen) atoms. The van der Waals surface area contributed by atoms with Gasteiger partial charge < -0.3 is 9.80 Å². The minimum atomic E-state index is -0.347. The first kappa shape index (κ1) is 15.4. The van der Waals surface area contributed by atoms with Crippen molar-refractivity contribution in [2.45, 2.75) is 32.1 Å². The van der Waals surface area contributed by atoms with Crippen LogP contribution in [0.2, 0.25) is 0 Å². The molecule has 0 radical (unpaired) electrons. The molecule has 2 aromatic rings. The number of thiazole rings is 1. The lowest BCUT2D eigenvalue weighted by atomic mass is 9.78. The minimum Gasteiger partial charge on any atom is -0.342 e. The fourth-order valence-corrected chi connectivity index (χ4v) is 5.06. The Balaban J connectivity index is 1.33. The summed E-state index contributed by atoms with van der Waals surface area (Å²) in [6.45, 7) is 3.03. The highest BCUT2D eigenvalue weighted by Crippen LogP contribution is 2.42. The fraction of sp³-hybridized carbons (Fsp3) is 0.611. The van der Waals surface area contributed by atoms with Crippen molar-refractivity contribution >= 4 is 28.1 Å². The lowest BCUT2D eigenvalue weighted by Crippen LogP contribution is -2.51. The van der Waals surface area contributed by atoms with Crippen LogP contribution in [0, 0.1) is 11.3 Å². The Hall–Kier alpha value is -1.89. The van der Waals surface area contributed by atoms with Gasteiger partial charge in [-0.3, -0.25) is 14.0 Å². The van der Waals surface area contributed by atoms with Crippen molar-refractivity contribution in [2.75, 3.05) is 26.2 Å². The molecule has 2 saturated heterocycles. The summed E-state index contributed by atoms with van der Waals surface area (Å²) in [7, 11) is 0. The van der Waals surface area contributed by atoms with E-state index in [-0.39, 0.29) is 17.2 Å². The van der Waals surface area contributed by atoms with Crippen LogP contribution in [0.1, 0.15) is 42.6 Å². The number of rotatable bonds is 3. The minimum absolute atomic E-state index is 0.0418. The van der Waals surface area contributed by atoms with Crippen molar-refractivity contribution in [2.24, 2.45) is 11.3 Å². The highest BCUT2D eigenvalue weighted by molar-refractivity contribution is 7.15. The maximum atomic E-state index is 13.1. The second-order valence-corrected chi connectivity index (χ2v) is 8.65. The molecule has 5 rings (SSSR count). The molecule has 1 spiro atoms. The zero-order valence-electron chi connectivity index (χ0n) is 14.2. The van der Waals surface area contributed by atoms with Crippen LogP contribution >= 0.6 is 11.3 Å². The van der Waals surface area contributed by atoms with Gasteiger partial charge in [0.25, 0.3) is 5.91 Å². The first-order valence-corrected chi connectivity index (χ1v) is 10.0. The van der Waals surface area contributed by atoms with Crippen molar-refractivity contribution < 1.29 is 9.59 Å². The number of hydrogen-bond donors (Lipinski definition) is 0. The topological polar surface area (TPSA) is 57.9 Å². The van der Waals surface area contributed by atoms with E-state index in [1.807, 2.05) is 20.9 Å². The highest BCUT2D eigenvalue weighted by atomic mass is 32.1. The van der Waals surface area contributed by atoms with Gasteiger partial charge in [-0.25, -0.2) is 4.98 Å². The van der Waals surface area contributed by atoms with E-state index in [4.69, 9.17) is 0 Å². The van der Waals surface area contributed by atoms with E-state index in [0.717, 1.165) is 43.2 Å². The molecule has 2 amide bonds. The monoisotopic (exact) mass is 358 g/mol. The first-order valence-electron chi connectivity index (χ1n) is 9.15. The molecular weight excluding hydrogens is 336 g/mol. The molecule has 1 atom stereocenters. The van der Waals surface area contributed by atoms with Crippen LogP contribution in [0.15, 0.2) is 17.8 Å². The molecule has 2 aromatic heterocycles. The van der Waals surface area contributed by atoms with E-state index in [1.54, 1.807) is 6.20 Å². The van der Waals surface area contributed by atoms with Crippen LogP contribution in [0.25, 0.3) is 4.96 Å². The Labute approximate surface area is 150 Å². The van der Waals surface area contributed by atoms with Gasteiger partial charge in [0.2, 0.25) is 5.91 Å². The number of fused-ring (bicyclic) bond motifs is 1. The van der Waals surface area contributed by atoms with Crippen LogP contribution in [0.5, 0.6) is 0 Å². The molecule has 4 heterocycles. The molecule has 1 aliphatic carbocycles. The summed E-state index contributed by atoms with van der Waals surface area (Å²) in [5.41, 5.74) is 0.141. The Bertz CT molecular complexity index is 811. The summed E-state index contributed by atoms with van der Waals surface area (Å²) < 4.78 is 1.88. The molecular formula is C18H22N4O2S. The quantitative estimate of drug-likeness (QED) is 0.846. The summed E-state index contributed by atoms with van der Waals surface area (Å²) >= 11 is 1.52. The summed E-state index contributed by atoms with van der Waals surface area (Å²) in [4.78, 5) is 35.1. The van der Waals surface area contributed by atoms with Crippen LogP contribution in [-0.4, -0.2) is 57.2 Å².